The zero-order valence-electron chi connectivity index (χ0n) is 13.7. The van der Waals surface area contributed by atoms with Crippen molar-refractivity contribution in [1.29, 1.82) is 0 Å². The summed E-state index contributed by atoms with van der Waals surface area (Å²) in [5.41, 5.74) is 1.17. The van der Waals surface area contributed by atoms with E-state index in [9.17, 15) is 4.79 Å². The molecular weight excluding hydrogens is 280 g/mol. The topological polar surface area (TPSA) is 81.6 Å². The van der Waals surface area contributed by atoms with Crippen molar-refractivity contribution in [3.63, 3.8) is 0 Å². The van der Waals surface area contributed by atoms with Gasteiger partial charge in [-0.05, 0) is 44.5 Å². The Hall–Kier alpha value is -2.19. The minimum atomic E-state index is -0.946. The highest BCUT2D eigenvalue weighted by molar-refractivity contribution is 5.64. The van der Waals surface area contributed by atoms with Gasteiger partial charge in [0.1, 0.15) is 5.75 Å². The molecule has 1 aromatic carbocycles. The number of terminal acetylenes is 1. The summed E-state index contributed by atoms with van der Waals surface area (Å²) in [6.45, 7) is 8.66. The first-order valence-corrected chi connectivity index (χ1v) is 7.18. The smallest absolute Gasteiger partial charge is 0.404 e. The number of aromatic hydroxyl groups is 1. The predicted molar refractivity (Wildman–Crippen MR) is 91.1 cm³/mol. The van der Waals surface area contributed by atoms with Gasteiger partial charge in [0.25, 0.3) is 0 Å². The van der Waals surface area contributed by atoms with Crippen LogP contribution in [0, 0.1) is 25.7 Å². The summed E-state index contributed by atoms with van der Waals surface area (Å²) in [7, 11) is 0. The Morgan fingerprint density at radius 1 is 1.18 bits per heavy atom. The molecule has 5 nitrogen and oxygen atoms in total. The lowest BCUT2D eigenvalue weighted by molar-refractivity contribution is 0.194. The molecule has 0 aliphatic rings. The highest BCUT2D eigenvalue weighted by atomic mass is 16.4. The second kappa shape index (κ2) is 15.2. The number of hydrogen-bond acceptors (Lipinski definition) is 3. The average Bonchev–Trinajstić information content (AvgIpc) is 2.48. The van der Waals surface area contributed by atoms with Gasteiger partial charge in [-0.25, -0.2) is 4.79 Å². The molecule has 0 saturated carbocycles. The minimum Gasteiger partial charge on any atom is -0.508 e. The van der Waals surface area contributed by atoms with Gasteiger partial charge in [-0.15, -0.1) is 12.8 Å². The number of rotatable bonds is 6. The van der Waals surface area contributed by atoms with E-state index in [1.54, 1.807) is 12.1 Å². The number of carboxylic acid groups (broad SMARTS) is 1. The molecule has 0 aliphatic heterocycles. The summed E-state index contributed by atoms with van der Waals surface area (Å²) in [5, 5.41) is 22.5. The monoisotopic (exact) mass is 308 g/mol. The van der Waals surface area contributed by atoms with Crippen molar-refractivity contribution in [2.75, 3.05) is 19.6 Å². The van der Waals surface area contributed by atoms with E-state index in [2.05, 4.69) is 37.3 Å². The molecule has 0 radical (unpaired) electrons. The van der Waals surface area contributed by atoms with E-state index in [4.69, 9.17) is 10.2 Å². The number of carbonyl (C=O) groups is 1. The van der Waals surface area contributed by atoms with Crippen LogP contribution in [0.2, 0.25) is 0 Å². The molecule has 0 fully saturated rings. The highest BCUT2D eigenvalue weighted by Crippen LogP contribution is 2.07. The molecular formula is C17H28N2O3. The van der Waals surface area contributed by atoms with Crippen molar-refractivity contribution in [2.24, 2.45) is 5.92 Å². The molecule has 0 aromatic heterocycles. The Morgan fingerprint density at radius 3 is 2.14 bits per heavy atom. The first-order chi connectivity index (χ1) is 10.4. The molecule has 0 spiro atoms. The summed E-state index contributed by atoms with van der Waals surface area (Å²) < 4.78 is 0. The number of aryl methyl sites for hydroxylation is 1. The molecule has 0 atom stereocenters. The van der Waals surface area contributed by atoms with Gasteiger partial charge >= 0.3 is 6.09 Å². The van der Waals surface area contributed by atoms with Crippen LogP contribution in [0.15, 0.2) is 24.3 Å². The SMILES string of the molecule is C#C.CC(C)CNCCCNC(=O)O.Cc1ccc(O)cc1. The van der Waals surface area contributed by atoms with Gasteiger partial charge in [0.15, 0.2) is 0 Å². The third kappa shape index (κ3) is 17.8. The largest absolute Gasteiger partial charge is 0.508 e. The molecule has 0 saturated heterocycles. The summed E-state index contributed by atoms with van der Waals surface area (Å²) in [4.78, 5) is 10.0. The van der Waals surface area contributed by atoms with Gasteiger partial charge in [-0.1, -0.05) is 31.5 Å². The Bertz CT molecular complexity index is 379. The van der Waals surface area contributed by atoms with E-state index in [-0.39, 0.29) is 0 Å². The molecule has 5 heteroatoms. The van der Waals surface area contributed by atoms with Crippen LogP contribution in [0.4, 0.5) is 4.79 Å². The first kappa shape index (κ1) is 22.1. The molecule has 0 unspecified atom stereocenters. The van der Waals surface area contributed by atoms with E-state index < -0.39 is 6.09 Å². The van der Waals surface area contributed by atoms with Crippen LogP contribution in [0.1, 0.15) is 25.8 Å². The van der Waals surface area contributed by atoms with Crippen molar-refractivity contribution < 1.29 is 15.0 Å². The number of hydrogen-bond donors (Lipinski definition) is 4. The Balaban J connectivity index is 0. The van der Waals surface area contributed by atoms with Crippen LogP contribution >= 0.6 is 0 Å². The van der Waals surface area contributed by atoms with Gasteiger partial charge in [-0.2, -0.15) is 0 Å². The van der Waals surface area contributed by atoms with Gasteiger partial charge in [0.05, 0.1) is 0 Å². The van der Waals surface area contributed by atoms with Crippen molar-refractivity contribution in [3.05, 3.63) is 29.8 Å². The molecule has 1 amide bonds. The summed E-state index contributed by atoms with van der Waals surface area (Å²) >= 11 is 0. The normalized spacial score (nSPS) is 9.00. The standard InChI is InChI=1S/C8H18N2O2.C7H8O.C2H2/c1-7(2)6-9-4-3-5-10-8(11)12;1-6-2-4-7(8)5-3-6;1-2/h7,9-10H,3-6H2,1-2H3,(H,11,12);2-5,8H,1H3;1-2H. The van der Waals surface area contributed by atoms with E-state index >= 15 is 0 Å². The second-order valence-corrected chi connectivity index (χ2v) is 5.02. The van der Waals surface area contributed by atoms with Crippen LogP contribution in [-0.4, -0.2) is 35.9 Å². The van der Waals surface area contributed by atoms with Crippen LogP contribution in [0.25, 0.3) is 0 Å². The van der Waals surface area contributed by atoms with E-state index in [1.165, 1.54) is 5.56 Å². The van der Waals surface area contributed by atoms with Crippen molar-refractivity contribution in [3.8, 4) is 18.6 Å². The molecule has 0 bridgehead atoms. The Kier molecular flexibility index (Phi) is 15.3. The maximum absolute atomic E-state index is 10.0. The van der Waals surface area contributed by atoms with E-state index in [1.807, 2.05) is 19.1 Å². The maximum Gasteiger partial charge on any atom is 0.404 e. The molecule has 0 aliphatic carbocycles. The Morgan fingerprint density at radius 2 is 1.73 bits per heavy atom. The van der Waals surface area contributed by atoms with E-state index in [0.29, 0.717) is 18.2 Å². The van der Waals surface area contributed by atoms with Crippen LogP contribution in [0.5, 0.6) is 5.75 Å². The van der Waals surface area contributed by atoms with Crippen LogP contribution in [-0.2, 0) is 0 Å². The molecule has 4 N–H and O–H groups in total. The Labute approximate surface area is 133 Å². The van der Waals surface area contributed by atoms with Gasteiger partial charge in [0.2, 0.25) is 0 Å². The van der Waals surface area contributed by atoms with Crippen LogP contribution in [0.3, 0.4) is 0 Å². The first-order valence-electron chi connectivity index (χ1n) is 7.18. The lowest BCUT2D eigenvalue weighted by atomic mass is 10.2. The fourth-order valence-electron chi connectivity index (χ4n) is 1.34. The lowest BCUT2D eigenvalue weighted by Gasteiger charge is -2.06. The van der Waals surface area contributed by atoms with Crippen molar-refractivity contribution >= 4 is 6.09 Å². The maximum atomic E-state index is 10.0. The second-order valence-electron chi connectivity index (χ2n) is 5.02. The average molecular weight is 308 g/mol. The van der Waals surface area contributed by atoms with Crippen molar-refractivity contribution in [2.45, 2.75) is 27.2 Å². The fourth-order valence-corrected chi connectivity index (χ4v) is 1.34. The zero-order chi connectivity index (χ0) is 17.4. The quantitative estimate of drug-likeness (QED) is 0.481. The third-order valence-electron chi connectivity index (χ3n) is 2.39. The number of benzene rings is 1. The summed E-state index contributed by atoms with van der Waals surface area (Å²) in [6.07, 6.45) is 7.90. The van der Waals surface area contributed by atoms with Crippen molar-refractivity contribution in [1.82, 2.24) is 10.6 Å². The number of nitrogens with one attached hydrogen (secondary N) is 2. The molecule has 124 valence electrons. The van der Waals surface area contributed by atoms with Gasteiger partial charge in [-0.3, -0.25) is 0 Å². The molecule has 22 heavy (non-hydrogen) atoms. The predicted octanol–water partition coefficient (Wildman–Crippen LogP) is 2.84. The molecule has 1 aromatic rings. The van der Waals surface area contributed by atoms with Gasteiger partial charge < -0.3 is 20.8 Å². The number of phenolic OH excluding ortho intramolecular Hbond substituents is 1. The number of phenols is 1. The fraction of sp³-hybridized carbons (Fsp3) is 0.471. The lowest BCUT2D eigenvalue weighted by Crippen LogP contribution is -2.27. The number of amides is 1. The highest BCUT2D eigenvalue weighted by Gasteiger charge is 1.94. The third-order valence-corrected chi connectivity index (χ3v) is 2.39. The van der Waals surface area contributed by atoms with Gasteiger partial charge in [0, 0.05) is 6.54 Å². The minimum absolute atomic E-state index is 0.329. The molecule has 0 heterocycles. The zero-order valence-corrected chi connectivity index (χ0v) is 13.7. The van der Waals surface area contributed by atoms with Crippen LogP contribution < -0.4 is 10.6 Å². The molecule has 1 rings (SSSR count). The summed E-state index contributed by atoms with van der Waals surface area (Å²) in [5.74, 6) is 0.980. The van der Waals surface area contributed by atoms with E-state index in [0.717, 1.165) is 19.5 Å². The summed E-state index contributed by atoms with van der Waals surface area (Å²) in [6, 6.07) is 7.09.